The van der Waals surface area contributed by atoms with Gasteiger partial charge in [0.1, 0.15) is 11.6 Å². The summed E-state index contributed by atoms with van der Waals surface area (Å²) in [6.07, 6.45) is 2.86. The van der Waals surface area contributed by atoms with Crippen LogP contribution in [0.1, 0.15) is 36.9 Å². The van der Waals surface area contributed by atoms with Crippen LogP contribution in [-0.4, -0.2) is 37.5 Å². The third-order valence-corrected chi connectivity index (χ3v) is 5.81. The van der Waals surface area contributed by atoms with E-state index in [-0.39, 0.29) is 24.2 Å². The zero-order valence-electron chi connectivity index (χ0n) is 15.2. The summed E-state index contributed by atoms with van der Waals surface area (Å²) in [4.78, 5) is 14.2. The molecule has 7 heteroatoms. The van der Waals surface area contributed by atoms with Crippen LogP contribution in [0.3, 0.4) is 0 Å². The van der Waals surface area contributed by atoms with Gasteiger partial charge in [0.2, 0.25) is 0 Å². The second-order valence-corrected chi connectivity index (χ2v) is 7.90. The van der Waals surface area contributed by atoms with Crippen molar-refractivity contribution in [3.05, 3.63) is 63.6 Å². The fraction of sp³-hybridized carbons (Fsp3) is 0.500. The number of benzene rings is 1. The molecule has 144 valence electrons. The van der Waals surface area contributed by atoms with E-state index in [2.05, 4.69) is 10.00 Å². The van der Waals surface area contributed by atoms with Crippen molar-refractivity contribution in [1.29, 1.82) is 0 Å². The molecule has 27 heavy (non-hydrogen) atoms. The highest BCUT2D eigenvalue weighted by Gasteiger charge is 2.47. The molecule has 0 spiro atoms. The highest BCUT2D eigenvalue weighted by Crippen LogP contribution is 2.42. The number of aromatic nitrogens is 2. The number of hydrogen-bond donors (Lipinski definition) is 1. The predicted octanol–water partition coefficient (Wildman–Crippen LogP) is 2.39. The van der Waals surface area contributed by atoms with E-state index in [1.807, 2.05) is 6.92 Å². The van der Waals surface area contributed by atoms with Crippen LogP contribution in [0.2, 0.25) is 0 Å². The summed E-state index contributed by atoms with van der Waals surface area (Å²) >= 11 is 0. The Labute approximate surface area is 156 Å². The molecular formula is C20H23F2N3O2. The van der Waals surface area contributed by atoms with Crippen molar-refractivity contribution in [2.24, 2.45) is 0 Å². The number of aryl methyl sites for hydroxylation is 1. The van der Waals surface area contributed by atoms with E-state index in [1.165, 1.54) is 22.9 Å². The number of nitrogens with zero attached hydrogens (tertiary/aromatic N) is 3. The smallest absolute Gasteiger partial charge is 0.266 e. The minimum atomic E-state index is -1.01. The molecule has 3 heterocycles. The Kier molecular flexibility index (Phi) is 4.60. The fourth-order valence-corrected chi connectivity index (χ4v) is 4.59. The molecule has 2 saturated heterocycles. The summed E-state index contributed by atoms with van der Waals surface area (Å²) in [5.74, 6) is -1.12. The van der Waals surface area contributed by atoms with Gasteiger partial charge in [-0.15, -0.1) is 0 Å². The number of fused-ring (bicyclic) bond motifs is 2. The van der Waals surface area contributed by atoms with Gasteiger partial charge in [-0.1, -0.05) is 6.07 Å². The lowest BCUT2D eigenvalue weighted by molar-refractivity contribution is -0.0679. The molecule has 2 aromatic rings. The molecule has 0 saturated carbocycles. The average Bonchev–Trinajstić information content (AvgIpc) is 2.84. The van der Waals surface area contributed by atoms with E-state index >= 15 is 0 Å². The summed E-state index contributed by atoms with van der Waals surface area (Å²) in [6, 6.07) is 7.02. The van der Waals surface area contributed by atoms with Gasteiger partial charge in [0.15, 0.2) is 0 Å². The molecule has 1 aromatic heterocycles. The maximum absolute atomic E-state index is 14.0. The monoisotopic (exact) mass is 375 g/mol. The van der Waals surface area contributed by atoms with Crippen molar-refractivity contribution in [3.63, 3.8) is 0 Å². The molecular weight excluding hydrogens is 352 g/mol. The average molecular weight is 375 g/mol. The van der Waals surface area contributed by atoms with Gasteiger partial charge < -0.3 is 5.11 Å². The summed E-state index contributed by atoms with van der Waals surface area (Å²) in [7, 11) is 0. The van der Waals surface area contributed by atoms with Crippen LogP contribution in [0, 0.1) is 18.6 Å². The highest BCUT2D eigenvalue weighted by atomic mass is 19.1. The lowest BCUT2D eigenvalue weighted by atomic mass is 9.85. The molecule has 2 fully saturated rings. The van der Waals surface area contributed by atoms with Crippen molar-refractivity contribution < 1.29 is 13.9 Å². The maximum atomic E-state index is 14.0. The van der Waals surface area contributed by atoms with Gasteiger partial charge in [-0.3, -0.25) is 9.69 Å². The minimum absolute atomic E-state index is 0.110. The Morgan fingerprint density at radius 1 is 1.19 bits per heavy atom. The van der Waals surface area contributed by atoms with Gasteiger partial charge in [-0.25, -0.2) is 13.5 Å². The molecule has 5 nitrogen and oxygen atoms in total. The van der Waals surface area contributed by atoms with Gasteiger partial charge in [0, 0.05) is 36.3 Å². The lowest BCUT2D eigenvalue weighted by Crippen LogP contribution is -2.53. The van der Waals surface area contributed by atoms with Gasteiger partial charge in [-0.2, -0.15) is 5.10 Å². The van der Waals surface area contributed by atoms with E-state index in [9.17, 15) is 18.7 Å². The van der Waals surface area contributed by atoms with E-state index < -0.39 is 17.2 Å². The second kappa shape index (κ2) is 6.80. The number of rotatable bonds is 4. The molecule has 2 unspecified atom stereocenters. The van der Waals surface area contributed by atoms with Crippen molar-refractivity contribution in [2.45, 2.75) is 63.4 Å². The van der Waals surface area contributed by atoms with Crippen LogP contribution in [0.15, 0.2) is 35.1 Å². The van der Waals surface area contributed by atoms with Gasteiger partial charge in [0.25, 0.3) is 5.56 Å². The Balaban J connectivity index is 1.51. The first-order valence-electron chi connectivity index (χ1n) is 9.30. The summed E-state index contributed by atoms with van der Waals surface area (Å²) in [6.45, 7) is 2.38. The van der Waals surface area contributed by atoms with Gasteiger partial charge >= 0.3 is 0 Å². The van der Waals surface area contributed by atoms with Gasteiger partial charge in [-0.05, 0) is 44.7 Å². The molecule has 0 radical (unpaired) electrons. The molecule has 2 aliphatic rings. The van der Waals surface area contributed by atoms with E-state index in [4.69, 9.17) is 0 Å². The molecule has 4 rings (SSSR count). The Bertz CT molecular complexity index is 900. The summed E-state index contributed by atoms with van der Waals surface area (Å²) in [5.41, 5.74) is -0.0354. The number of aliphatic hydroxyl groups is 1. The molecule has 0 aliphatic carbocycles. The van der Waals surface area contributed by atoms with Crippen molar-refractivity contribution in [2.75, 3.05) is 0 Å². The lowest BCUT2D eigenvalue weighted by Gasteiger charge is -2.43. The topological polar surface area (TPSA) is 58.4 Å². The van der Waals surface area contributed by atoms with E-state index in [0.29, 0.717) is 24.9 Å². The SMILES string of the molecule is Cc1ccc(=O)n(CC2(O)CC3CCC(C2)N3Cc2ccc(F)cc2F)n1. The number of hydrogen-bond acceptors (Lipinski definition) is 4. The van der Waals surface area contributed by atoms with Crippen LogP contribution in [0.25, 0.3) is 0 Å². The van der Waals surface area contributed by atoms with Crippen molar-refractivity contribution in [1.82, 2.24) is 14.7 Å². The van der Waals surface area contributed by atoms with Crippen LogP contribution in [0.4, 0.5) is 8.78 Å². The number of piperidine rings is 1. The Hall–Kier alpha value is -2.12. The van der Waals surface area contributed by atoms with E-state index in [0.717, 1.165) is 24.6 Å². The molecule has 2 atom stereocenters. The minimum Gasteiger partial charge on any atom is -0.388 e. The zero-order chi connectivity index (χ0) is 19.2. The summed E-state index contributed by atoms with van der Waals surface area (Å²) in [5, 5.41) is 15.4. The first kappa shape index (κ1) is 18.3. The van der Waals surface area contributed by atoms with Gasteiger partial charge in [0.05, 0.1) is 17.8 Å². The molecule has 0 amide bonds. The molecule has 1 N–H and O–H groups in total. The standard InChI is InChI=1S/C20H23F2N3O2/c1-13-2-7-19(26)25(23-13)12-20(27)9-16-5-6-17(10-20)24(16)11-14-3-4-15(21)8-18(14)22/h2-4,7-8,16-17,27H,5-6,9-12H2,1H3. The van der Waals surface area contributed by atoms with Crippen LogP contribution in [0.5, 0.6) is 0 Å². The normalized spacial score (nSPS) is 27.9. The third-order valence-electron chi connectivity index (χ3n) is 5.81. The molecule has 2 aliphatic heterocycles. The summed E-state index contributed by atoms with van der Waals surface area (Å²) < 4.78 is 28.5. The quantitative estimate of drug-likeness (QED) is 0.892. The van der Waals surface area contributed by atoms with Crippen LogP contribution in [-0.2, 0) is 13.1 Å². The van der Waals surface area contributed by atoms with Crippen molar-refractivity contribution in [3.8, 4) is 0 Å². The number of halogens is 2. The first-order chi connectivity index (χ1) is 12.8. The highest BCUT2D eigenvalue weighted by molar-refractivity contribution is 5.19. The second-order valence-electron chi connectivity index (χ2n) is 7.90. The van der Waals surface area contributed by atoms with Crippen LogP contribution >= 0.6 is 0 Å². The van der Waals surface area contributed by atoms with Crippen molar-refractivity contribution >= 4 is 0 Å². The Morgan fingerprint density at radius 3 is 2.56 bits per heavy atom. The van der Waals surface area contributed by atoms with Crippen LogP contribution < -0.4 is 5.56 Å². The maximum Gasteiger partial charge on any atom is 0.266 e. The third kappa shape index (κ3) is 3.66. The first-order valence-corrected chi connectivity index (χ1v) is 9.30. The predicted molar refractivity (Wildman–Crippen MR) is 96.1 cm³/mol. The van der Waals surface area contributed by atoms with E-state index in [1.54, 1.807) is 6.07 Å². The molecule has 2 bridgehead atoms. The Morgan fingerprint density at radius 2 is 1.89 bits per heavy atom. The molecule has 1 aromatic carbocycles. The fourth-order valence-electron chi connectivity index (χ4n) is 4.59. The zero-order valence-corrected chi connectivity index (χ0v) is 15.2. The largest absolute Gasteiger partial charge is 0.388 e.